The highest BCUT2D eigenvalue weighted by atomic mass is 79.9. The number of hydrogen-bond acceptors (Lipinski definition) is 4. The number of hydrogen-bond donors (Lipinski definition) is 1. The highest BCUT2D eigenvalue weighted by molar-refractivity contribution is 9.10. The van der Waals surface area contributed by atoms with E-state index in [1.165, 1.54) is 0 Å². The lowest BCUT2D eigenvalue weighted by molar-refractivity contribution is 0.0723. The number of carbonyl (C=O) groups excluding carboxylic acids is 1. The fraction of sp³-hybridized carbons (Fsp3) is 0.545. The van der Waals surface area contributed by atoms with Crippen LogP contribution < -0.4 is 5.14 Å². The Hall–Kier alpha value is -0.860. The fourth-order valence-corrected chi connectivity index (χ4v) is 3.28. The van der Waals surface area contributed by atoms with E-state index in [-0.39, 0.29) is 21.2 Å². The monoisotopic (exact) mass is 350 g/mol. The van der Waals surface area contributed by atoms with Crippen LogP contribution in [-0.2, 0) is 10.0 Å². The van der Waals surface area contributed by atoms with Crippen molar-refractivity contribution >= 4 is 31.9 Å². The van der Waals surface area contributed by atoms with Crippen LogP contribution in [0, 0.1) is 5.92 Å². The molecule has 1 aliphatic carbocycles. The summed E-state index contributed by atoms with van der Waals surface area (Å²) in [6.45, 7) is 3.11. The lowest BCUT2D eigenvalue weighted by Crippen LogP contribution is -2.32. The molecule has 1 aliphatic rings. The van der Waals surface area contributed by atoms with Crippen LogP contribution in [0.3, 0.4) is 0 Å². The van der Waals surface area contributed by atoms with Crippen molar-refractivity contribution in [2.45, 2.75) is 24.7 Å². The lowest BCUT2D eigenvalue weighted by Gasteiger charge is -2.18. The van der Waals surface area contributed by atoms with Crippen molar-refractivity contribution in [1.29, 1.82) is 0 Å². The summed E-state index contributed by atoms with van der Waals surface area (Å²) in [5.41, 5.74) is 0. The standard InChI is InChI=1S/C11H15BrN2O4S/c1-2-14(6-7-3-4-7)11(15)8-5-9(10(12)18-8)19(13,16)17/h5,7H,2-4,6H2,1H3,(H2,13,16,17). The van der Waals surface area contributed by atoms with Crippen LogP contribution in [0.1, 0.15) is 30.3 Å². The lowest BCUT2D eigenvalue weighted by atomic mass is 10.3. The Balaban J connectivity index is 2.23. The second kappa shape index (κ2) is 5.26. The molecule has 6 nitrogen and oxygen atoms in total. The molecule has 0 unspecified atom stereocenters. The van der Waals surface area contributed by atoms with Crippen LogP contribution in [0.4, 0.5) is 0 Å². The van der Waals surface area contributed by atoms with Crippen molar-refractivity contribution in [3.05, 3.63) is 16.5 Å². The molecule has 1 aromatic rings. The van der Waals surface area contributed by atoms with E-state index in [1.54, 1.807) is 4.90 Å². The highest BCUT2D eigenvalue weighted by Gasteiger charge is 2.29. The average Bonchev–Trinajstić information content (AvgIpc) is 3.04. The molecule has 1 aromatic heterocycles. The molecular formula is C11H15BrN2O4S. The smallest absolute Gasteiger partial charge is 0.289 e. The summed E-state index contributed by atoms with van der Waals surface area (Å²) in [5, 5.41) is 5.03. The van der Waals surface area contributed by atoms with Gasteiger partial charge in [0.25, 0.3) is 5.91 Å². The number of carbonyl (C=O) groups is 1. The molecule has 106 valence electrons. The summed E-state index contributed by atoms with van der Waals surface area (Å²) in [6.07, 6.45) is 2.27. The predicted octanol–water partition coefficient (Wildman–Crippen LogP) is 1.56. The maximum Gasteiger partial charge on any atom is 0.289 e. The Morgan fingerprint density at radius 3 is 2.63 bits per heavy atom. The first-order valence-electron chi connectivity index (χ1n) is 5.94. The molecule has 1 amide bonds. The average molecular weight is 351 g/mol. The molecule has 0 aromatic carbocycles. The first-order chi connectivity index (χ1) is 8.82. The number of nitrogens with two attached hydrogens (primary N) is 1. The molecule has 0 radical (unpaired) electrons. The Morgan fingerprint density at radius 2 is 2.21 bits per heavy atom. The normalized spacial score (nSPS) is 15.5. The zero-order chi connectivity index (χ0) is 14.2. The third-order valence-electron chi connectivity index (χ3n) is 3.02. The van der Waals surface area contributed by atoms with Crippen LogP contribution in [0.2, 0.25) is 0 Å². The zero-order valence-corrected chi connectivity index (χ0v) is 12.8. The number of rotatable bonds is 5. The van der Waals surface area contributed by atoms with Gasteiger partial charge in [-0.2, -0.15) is 0 Å². The van der Waals surface area contributed by atoms with E-state index in [2.05, 4.69) is 15.9 Å². The van der Waals surface area contributed by atoms with Crippen molar-refractivity contribution in [2.24, 2.45) is 11.1 Å². The van der Waals surface area contributed by atoms with E-state index in [9.17, 15) is 13.2 Å². The Morgan fingerprint density at radius 1 is 1.58 bits per heavy atom. The predicted molar refractivity (Wildman–Crippen MR) is 72.1 cm³/mol. The molecule has 2 N–H and O–H groups in total. The highest BCUT2D eigenvalue weighted by Crippen LogP contribution is 2.31. The molecular weight excluding hydrogens is 336 g/mol. The summed E-state index contributed by atoms with van der Waals surface area (Å²) < 4.78 is 27.7. The topological polar surface area (TPSA) is 93.6 Å². The van der Waals surface area contributed by atoms with Gasteiger partial charge in [0.2, 0.25) is 10.0 Å². The Kier molecular flexibility index (Phi) is 4.03. The van der Waals surface area contributed by atoms with Crippen molar-refractivity contribution in [3.8, 4) is 0 Å². The molecule has 19 heavy (non-hydrogen) atoms. The van der Waals surface area contributed by atoms with Gasteiger partial charge >= 0.3 is 0 Å². The van der Waals surface area contributed by atoms with Crippen LogP contribution in [-0.4, -0.2) is 32.3 Å². The quantitative estimate of drug-likeness (QED) is 0.871. The van der Waals surface area contributed by atoms with Crippen molar-refractivity contribution in [3.63, 3.8) is 0 Å². The second-order valence-corrected chi connectivity index (χ2v) is 6.83. The SMILES string of the molecule is CCN(CC1CC1)C(=O)c1cc(S(N)(=O)=O)c(Br)o1. The molecule has 0 spiro atoms. The molecule has 0 bridgehead atoms. The maximum atomic E-state index is 12.2. The van der Waals surface area contributed by atoms with Gasteiger partial charge < -0.3 is 9.32 Å². The fourth-order valence-electron chi connectivity index (χ4n) is 1.78. The Labute approximate surface area is 120 Å². The van der Waals surface area contributed by atoms with E-state index in [0.717, 1.165) is 18.9 Å². The third kappa shape index (κ3) is 3.37. The third-order valence-corrected chi connectivity index (χ3v) is 4.79. The minimum absolute atomic E-state index is 0.0154. The summed E-state index contributed by atoms with van der Waals surface area (Å²) in [4.78, 5) is 13.6. The number of sulfonamides is 1. The molecule has 2 rings (SSSR count). The minimum Gasteiger partial charge on any atom is -0.443 e. The van der Waals surface area contributed by atoms with Crippen molar-refractivity contribution in [1.82, 2.24) is 4.90 Å². The van der Waals surface area contributed by atoms with E-state index < -0.39 is 10.0 Å². The number of nitrogens with zero attached hydrogens (tertiary/aromatic N) is 1. The summed E-state index contributed by atoms with van der Waals surface area (Å²) in [6, 6.07) is 1.16. The molecule has 1 saturated carbocycles. The van der Waals surface area contributed by atoms with Gasteiger partial charge in [-0.05, 0) is 41.6 Å². The van der Waals surface area contributed by atoms with Gasteiger partial charge in [-0.3, -0.25) is 4.79 Å². The second-order valence-electron chi connectivity index (χ2n) is 4.58. The van der Waals surface area contributed by atoms with Crippen molar-refractivity contribution in [2.75, 3.05) is 13.1 Å². The first kappa shape index (κ1) is 14.5. The van der Waals surface area contributed by atoms with E-state index in [0.29, 0.717) is 19.0 Å². The number of furan rings is 1. The van der Waals surface area contributed by atoms with Crippen LogP contribution in [0.15, 0.2) is 20.0 Å². The maximum absolute atomic E-state index is 12.2. The van der Waals surface area contributed by atoms with Gasteiger partial charge in [-0.25, -0.2) is 13.6 Å². The summed E-state index contributed by atoms with van der Waals surface area (Å²) >= 11 is 2.96. The zero-order valence-electron chi connectivity index (χ0n) is 10.4. The van der Waals surface area contributed by atoms with Gasteiger partial charge in [0.05, 0.1) is 0 Å². The van der Waals surface area contributed by atoms with E-state index in [1.807, 2.05) is 6.92 Å². The van der Waals surface area contributed by atoms with Gasteiger partial charge in [-0.1, -0.05) is 0 Å². The number of halogens is 1. The molecule has 1 fully saturated rings. The van der Waals surface area contributed by atoms with E-state index in [4.69, 9.17) is 9.56 Å². The molecule has 1 heterocycles. The summed E-state index contributed by atoms with van der Waals surface area (Å²) in [7, 11) is -3.90. The molecule has 0 atom stereocenters. The van der Waals surface area contributed by atoms with E-state index >= 15 is 0 Å². The Bertz CT molecular complexity index is 592. The van der Waals surface area contributed by atoms with Gasteiger partial charge in [-0.15, -0.1) is 0 Å². The van der Waals surface area contributed by atoms with Crippen LogP contribution in [0.5, 0.6) is 0 Å². The molecule has 8 heteroatoms. The number of amides is 1. The van der Waals surface area contributed by atoms with Crippen LogP contribution in [0.25, 0.3) is 0 Å². The molecule has 0 aliphatic heterocycles. The van der Waals surface area contributed by atoms with Gasteiger partial charge in [0.15, 0.2) is 10.4 Å². The molecule has 0 saturated heterocycles. The largest absolute Gasteiger partial charge is 0.443 e. The van der Waals surface area contributed by atoms with Gasteiger partial charge in [0.1, 0.15) is 4.90 Å². The van der Waals surface area contributed by atoms with Gasteiger partial charge in [0, 0.05) is 19.2 Å². The number of primary sulfonamides is 1. The first-order valence-corrected chi connectivity index (χ1v) is 8.28. The van der Waals surface area contributed by atoms with Crippen molar-refractivity contribution < 1.29 is 17.6 Å². The summed E-state index contributed by atoms with van der Waals surface area (Å²) in [5.74, 6) is 0.225. The van der Waals surface area contributed by atoms with Crippen LogP contribution >= 0.6 is 15.9 Å². The minimum atomic E-state index is -3.90.